The standard InChI is InChI=1S/C23H24FN5O5/c1-14(30)27(2)18-11-17(28-7-9-34-10-8-28)13-29-21(18)26-19(20(31)23(29)33)22(32)25-12-15-3-5-16(24)6-4-15/h3-6,11,13,31H,7-10,12H2,1-2H3,(H,25,32). The van der Waals surface area contributed by atoms with Crippen molar-refractivity contribution < 1.29 is 23.8 Å². The maximum absolute atomic E-state index is 13.1. The van der Waals surface area contributed by atoms with E-state index in [1.807, 2.05) is 4.90 Å². The number of amides is 2. The summed E-state index contributed by atoms with van der Waals surface area (Å²) in [4.78, 5) is 45.5. The molecule has 1 saturated heterocycles. The average molecular weight is 469 g/mol. The molecule has 0 bridgehead atoms. The van der Waals surface area contributed by atoms with Crippen LogP contribution in [0.1, 0.15) is 23.0 Å². The van der Waals surface area contributed by atoms with Crippen molar-refractivity contribution >= 4 is 28.8 Å². The van der Waals surface area contributed by atoms with E-state index in [0.29, 0.717) is 43.2 Å². The predicted molar refractivity (Wildman–Crippen MR) is 123 cm³/mol. The van der Waals surface area contributed by atoms with E-state index in [1.54, 1.807) is 6.07 Å². The Morgan fingerprint density at radius 2 is 1.91 bits per heavy atom. The van der Waals surface area contributed by atoms with Crippen molar-refractivity contribution in [3.05, 3.63) is 64.0 Å². The highest BCUT2D eigenvalue weighted by Gasteiger charge is 2.24. The number of morpholine rings is 1. The van der Waals surface area contributed by atoms with E-state index in [-0.39, 0.29) is 18.1 Å². The number of benzene rings is 1. The van der Waals surface area contributed by atoms with Gasteiger partial charge in [0.25, 0.3) is 5.91 Å². The summed E-state index contributed by atoms with van der Waals surface area (Å²) in [7, 11) is 1.54. The van der Waals surface area contributed by atoms with Crippen LogP contribution in [0.3, 0.4) is 0 Å². The van der Waals surface area contributed by atoms with Gasteiger partial charge in [0.15, 0.2) is 11.3 Å². The molecule has 1 aliphatic rings. The Bertz CT molecular complexity index is 1300. The van der Waals surface area contributed by atoms with E-state index in [0.717, 1.165) is 4.40 Å². The van der Waals surface area contributed by atoms with E-state index in [4.69, 9.17) is 4.74 Å². The quantitative estimate of drug-likeness (QED) is 0.578. The van der Waals surface area contributed by atoms with Crippen molar-refractivity contribution in [2.75, 3.05) is 43.2 Å². The van der Waals surface area contributed by atoms with Gasteiger partial charge in [-0.05, 0) is 23.8 Å². The summed E-state index contributed by atoms with van der Waals surface area (Å²) < 4.78 is 19.6. The van der Waals surface area contributed by atoms with Gasteiger partial charge in [-0.25, -0.2) is 9.37 Å². The number of hydrogen-bond acceptors (Lipinski definition) is 7. The van der Waals surface area contributed by atoms with Crippen LogP contribution in [0, 0.1) is 5.82 Å². The van der Waals surface area contributed by atoms with Crippen LogP contribution in [0.25, 0.3) is 5.65 Å². The monoisotopic (exact) mass is 469 g/mol. The van der Waals surface area contributed by atoms with Gasteiger partial charge >= 0.3 is 5.56 Å². The summed E-state index contributed by atoms with van der Waals surface area (Å²) in [6.07, 6.45) is 1.52. The molecule has 2 amide bonds. The number of fused-ring (bicyclic) bond motifs is 1. The number of nitrogens with one attached hydrogen (secondary N) is 1. The van der Waals surface area contributed by atoms with Crippen molar-refractivity contribution in [2.24, 2.45) is 0 Å². The zero-order valence-electron chi connectivity index (χ0n) is 18.7. The third kappa shape index (κ3) is 4.55. The average Bonchev–Trinajstić information content (AvgIpc) is 2.85. The van der Waals surface area contributed by atoms with Crippen molar-refractivity contribution in [1.82, 2.24) is 14.7 Å². The third-order valence-electron chi connectivity index (χ3n) is 5.66. The molecule has 1 aliphatic heterocycles. The Balaban J connectivity index is 1.77. The van der Waals surface area contributed by atoms with Crippen LogP contribution in [0.2, 0.25) is 0 Å². The molecule has 3 aromatic rings. The lowest BCUT2D eigenvalue weighted by molar-refractivity contribution is -0.116. The fourth-order valence-electron chi connectivity index (χ4n) is 3.64. The molecule has 0 atom stereocenters. The van der Waals surface area contributed by atoms with Gasteiger partial charge in [0.05, 0.1) is 24.6 Å². The molecule has 0 radical (unpaired) electrons. The molecule has 1 aromatic carbocycles. The second-order valence-electron chi connectivity index (χ2n) is 7.88. The number of carbonyl (C=O) groups is 2. The molecule has 0 aliphatic carbocycles. The number of rotatable bonds is 5. The first-order valence-electron chi connectivity index (χ1n) is 10.6. The highest BCUT2D eigenvalue weighted by Crippen LogP contribution is 2.27. The van der Waals surface area contributed by atoms with Crippen molar-refractivity contribution in [1.29, 1.82) is 0 Å². The molecule has 0 saturated carbocycles. The molecule has 3 heterocycles. The van der Waals surface area contributed by atoms with E-state index < -0.39 is 28.7 Å². The van der Waals surface area contributed by atoms with E-state index >= 15 is 0 Å². The largest absolute Gasteiger partial charge is 0.501 e. The number of halogens is 1. The van der Waals surface area contributed by atoms with Gasteiger partial charge < -0.3 is 25.0 Å². The molecule has 34 heavy (non-hydrogen) atoms. The Kier molecular flexibility index (Phi) is 6.46. The smallest absolute Gasteiger partial charge is 0.301 e. The molecule has 10 nitrogen and oxygen atoms in total. The first kappa shape index (κ1) is 23.2. The number of aromatic hydroxyl groups is 1. The molecule has 0 unspecified atom stereocenters. The highest BCUT2D eigenvalue weighted by atomic mass is 19.1. The Labute approximate surface area is 194 Å². The maximum Gasteiger partial charge on any atom is 0.301 e. The summed E-state index contributed by atoms with van der Waals surface area (Å²) >= 11 is 0. The fraction of sp³-hybridized carbons (Fsp3) is 0.304. The number of aromatic nitrogens is 2. The van der Waals surface area contributed by atoms with E-state index in [9.17, 15) is 23.9 Å². The summed E-state index contributed by atoms with van der Waals surface area (Å²) in [5, 5.41) is 13.1. The van der Waals surface area contributed by atoms with Crippen LogP contribution in [0.4, 0.5) is 15.8 Å². The number of nitrogens with zero attached hydrogens (tertiary/aromatic N) is 4. The number of ether oxygens (including phenoxy) is 1. The summed E-state index contributed by atoms with van der Waals surface area (Å²) in [6, 6.07) is 7.24. The second-order valence-corrected chi connectivity index (χ2v) is 7.88. The second kappa shape index (κ2) is 9.48. The molecule has 178 valence electrons. The van der Waals surface area contributed by atoms with Crippen LogP contribution >= 0.6 is 0 Å². The van der Waals surface area contributed by atoms with Crippen LogP contribution in [0.5, 0.6) is 5.75 Å². The Hall–Kier alpha value is -3.99. The number of carbonyl (C=O) groups excluding carboxylic acids is 2. The third-order valence-corrected chi connectivity index (χ3v) is 5.66. The minimum absolute atomic E-state index is 0.0375. The van der Waals surface area contributed by atoms with Gasteiger partial charge in [0, 0.05) is 39.8 Å². The maximum atomic E-state index is 13.1. The fourth-order valence-corrected chi connectivity index (χ4v) is 3.64. The van der Waals surface area contributed by atoms with Crippen LogP contribution in [-0.4, -0.2) is 59.7 Å². The number of pyridine rings is 1. The Morgan fingerprint density at radius 3 is 2.56 bits per heavy atom. The summed E-state index contributed by atoms with van der Waals surface area (Å²) in [5.41, 5.74) is 0.315. The topological polar surface area (TPSA) is 116 Å². The molecular weight excluding hydrogens is 445 g/mol. The summed E-state index contributed by atoms with van der Waals surface area (Å²) in [5.74, 6) is -2.30. The van der Waals surface area contributed by atoms with Crippen molar-refractivity contribution in [3.8, 4) is 5.75 Å². The van der Waals surface area contributed by atoms with Crippen molar-refractivity contribution in [3.63, 3.8) is 0 Å². The molecule has 4 rings (SSSR count). The lowest BCUT2D eigenvalue weighted by atomic mass is 10.2. The molecule has 2 aromatic heterocycles. The van der Waals surface area contributed by atoms with E-state index in [1.165, 1.54) is 49.3 Å². The molecule has 0 spiro atoms. The lowest BCUT2D eigenvalue weighted by Crippen LogP contribution is -2.37. The molecule has 2 N–H and O–H groups in total. The Morgan fingerprint density at radius 1 is 1.24 bits per heavy atom. The highest BCUT2D eigenvalue weighted by molar-refractivity contribution is 5.98. The minimum Gasteiger partial charge on any atom is -0.501 e. The van der Waals surface area contributed by atoms with Crippen LogP contribution < -0.4 is 20.7 Å². The molecular formula is C23H24FN5O5. The molecule has 1 fully saturated rings. The number of anilines is 2. The van der Waals surface area contributed by atoms with Gasteiger partial charge in [0.2, 0.25) is 11.7 Å². The first-order chi connectivity index (χ1) is 16.3. The van der Waals surface area contributed by atoms with Gasteiger partial charge in [-0.15, -0.1) is 0 Å². The SMILES string of the molecule is CC(=O)N(C)c1cc(N2CCOCC2)cn2c(=O)c(O)c(C(=O)NCc3ccc(F)cc3)nc12. The van der Waals surface area contributed by atoms with Crippen LogP contribution in [-0.2, 0) is 16.1 Å². The van der Waals surface area contributed by atoms with Gasteiger partial charge in [0.1, 0.15) is 5.82 Å². The van der Waals surface area contributed by atoms with E-state index in [2.05, 4.69) is 10.3 Å². The zero-order valence-corrected chi connectivity index (χ0v) is 18.7. The van der Waals surface area contributed by atoms with Gasteiger partial charge in [-0.1, -0.05) is 12.1 Å². The lowest BCUT2D eigenvalue weighted by Gasteiger charge is -2.30. The number of hydrogen-bond donors (Lipinski definition) is 2. The normalized spacial score (nSPS) is 13.7. The van der Waals surface area contributed by atoms with Gasteiger partial charge in [-0.3, -0.25) is 18.8 Å². The van der Waals surface area contributed by atoms with Crippen LogP contribution in [0.15, 0.2) is 41.3 Å². The molecule has 11 heteroatoms. The van der Waals surface area contributed by atoms with Gasteiger partial charge in [-0.2, -0.15) is 0 Å². The first-order valence-corrected chi connectivity index (χ1v) is 10.6. The zero-order chi connectivity index (χ0) is 24.4. The summed E-state index contributed by atoms with van der Waals surface area (Å²) in [6.45, 7) is 3.62. The predicted octanol–water partition coefficient (Wildman–Crippen LogP) is 1.29. The van der Waals surface area contributed by atoms with Crippen molar-refractivity contribution in [2.45, 2.75) is 13.5 Å². The minimum atomic E-state index is -0.842.